The number of aromatic nitrogens is 1. The first-order valence-electron chi connectivity index (χ1n) is 8.02. The normalized spacial score (nSPS) is 16.8. The van der Waals surface area contributed by atoms with Gasteiger partial charge in [0, 0.05) is 5.38 Å². The standard InChI is InChI=1S/C18H20N4S/c1-14-13-23-18(21-17-5-3-2-4-6-17)22(14)20-12-16-9-7-15(11-19)8-10-16/h7-10,12-13,17H,2-6H2,1H3. The van der Waals surface area contributed by atoms with E-state index in [1.165, 1.54) is 32.1 Å². The summed E-state index contributed by atoms with van der Waals surface area (Å²) < 4.78 is 1.91. The maximum atomic E-state index is 8.84. The predicted molar refractivity (Wildman–Crippen MR) is 93.6 cm³/mol. The Hall–Kier alpha value is -2.19. The van der Waals surface area contributed by atoms with Crippen molar-refractivity contribution in [2.24, 2.45) is 10.1 Å². The lowest BCUT2D eigenvalue weighted by atomic mass is 9.96. The first kappa shape index (κ1) is 15.7. The first-order valence-corrected chi connectivity index (χ1v) is 8.90. The Balaban J connectivity index is 1.84. The Morgan fingerprint density at radius 3 is 2.65 bits per heavy atom. The van der Waals surface area contributed by atoms with Crippen LogP contribution in [0.4, 0.5) is 0 Å². The van der Waals surface area contributed by atoms with Gasteiger partial charge in [0.25, 0.3) is 0 Å². The van der Waals surface area contributed by atoms with Gasteiger partial charge in [0.15, 0.2) is 0 Å². The van der Waals surface area contributed by atoms with Crippen molar-refractivity contribution in [1.82, 2.24) is 4.68 Å². The molecule has 23 heavy (non-hydrogen) atoms. The maximum Gasteiger partial charge on any atom is 0.206 e. The molecule has 1 heterocycles. The molecule has 1 saturated carbocycles. The molecule has 0 spiro atoms. The third-order valence-electron chi connectivity index (χ3n) is 4.08. The molecule has 0 saturated heterocycles. The van der Waals surface area contributed by atoms with Gasteiger partial charge in [-0.25, -0.2) is 4.68 Å². The fourth-order valence-corrected chi connectivity index (χ4v) is 3.63. The van der Waals surface area contributed by atoms with Crippen LogP contribution in [0.5, 0.6) is 0 Å². The number of benzene rings is 1. The summed E-state index contributed by atoms with van der Waals surface area (Å²) in [5.41, 5.74) is 2.73. The number of hydrogen-bond acceptors (Lipinski definition) is 4. The summed E-state index contributed by atoms with van der Waals surface area (Å²) in [6, 6.07) is 9.99. The molecule has 1 aliphatic carbocycles. The third-order valence-corrected chi connectivity index (χ3v) is 5.03. The van der Waals surface area contributed by atoms with E-state index in [0.29, 0.717) is 11.6 Å². The second-order valence-corrected chi connectivity index (χ2v) is 6.71. The average Bonchev–Trinajstić information content (AvgIpc) is 2.94. The van der Waals surface area contributed by atoms with Crippen molar-refractivity contribution in [3.8, 4) is 6.07 Å². The average molecular weight is 324 g/mol. The monoisotopic (exact) mass is 324 g/mol. The summed E-state index contributed by atoms with van der Waals surface area (Å²) in [6.07, 6.45) is 8.11. The molecule has 0 radical (unpaired) electrons. The van der Waals surface area contributed by atoms with Crippen molar-refractivity contribution < 1.29 is 0 Å². The lowest BCUT2D eigenvalue weighted by molar-refractivity contribution is 0.435. The summed E-state index contributed by atoms with van der Waals surface area (Å²) in [7, 11) is 0. The van der Waals surface area contributed by atoms with Gasteiger partial charge in [-0.1, -0.05) is 31.4 Å². The highest BCUT2D eigenvalue weighted by Crippen LogP contribution is 2.20. The number of hydrogen-bond donors (Lipinski definition) is 0. The van der Waals surface area contributed by atoms with Crippen LogP contribution < -0.4 is 4.80 Å². The van der Waals surface area contributed by atoms with E-state index in [0.717, 1.165) is 16.1 Å². The van der Waals surface area contributed by atoms with Gasteiger partial charge in [0.2, 0.25) is 4.80 Å². The van der Waals surface area contributed by atoms with Gasteiger partial charge in [-0.2, -0.15) is 10.4 Å². The lowest BCUT2D eigenvalue weighted by Gasteiger charge is -2.16. The van der Waals surface area contributed by atoms with Gasteiger partial charge in [-0.3, -0.25) is 4.99 Å². The second kappa shape index (κ2) is 7.38. The molecular formula is C18H20N4S. The smallest absolute Gasteiger partial charge is 0.206 e. The number of nitriles is 1. The van der Waals surface area contributed by atoms with Crippen LogP contribution in [0.3, 0.4) is 0 Å². The number of thiazole rings is 1. The van der Waals surface area contributed by atoms with E-state index in [-0.39, 0.29) is 0 Å². The summed E-state index contributed by atoms with van der Waals surface area (Å²) >= 11 is 1.65. The molecule has 1 aromatic carbocycles. The van der Waals surface area contributed by atoms with Crippen LogP contribution in [0.25, 0.3) is 0 Å². The van der Waals surface area contributed by atoms with E-state index in [1.54, 1.807) is 23.5 Å². The lowest BCUT2D eigenvalue weighted by Crippen LogP contribution is -2.19. The molecule has 1 aromatic heterocycles. The fraction of sp³-hybridized carbons (Fsp3) is 0.389. The quantitative estimate of drug-likeness (QED) is 0.791. The minimum atomic E-state index is 0.443. The summed E-state index contributed by atoms with van der Waals surface area (Å²) in [4.78, 5) is 5.87. The van der Waals surface area contributed by atoms with E-state index >= 15 is 0 Å². The van der Waals surface area contributed by atoms with Crippen LogP contribution >= 0.6 is 11.3 Å². The zero-order valence-corrected chi connectivity index (χ0v) is 14.1. The Kier molecular flexibility index (Phi) is 5.04. The van der Waals surface area contributed by atoms with Gasteiger partial charge in [-0.05, 0) is 37.5 Å². The van der Waals surface area contributed by atoms with Crippen LogP contribution in [0.1, 0.15) is 48.9 Å². The van der Waals surface area contributed by atoms with Gasteiger partial charge >= 0.3 is 0 Å². The SMILES string of the molecule is Cc1csc(=NC2CCCCC2)n1N=Cc1ccc(C#N)cc1. The first-order chi connectivity index (χ1) is 11.3. The number of nitrogens with zero attached hydrogens (tertiary/aromatic N) is 4. The highest BCUT2D eigenvalue weighted by molar-refractivity contribution is 7.07. The van der Waals surface area contributed by atoms with E-state index in [1.807, 2.05) is 29.9 Å². The highest BCUT2D eigenvalue weighted by atomic mass is 32.1. The molecule has 0 atom stereocenters. The van der Waals surface area contributed by atoms with Gasteiger partial charge in [0.1, 0.15) is 0 Å². The number of rotatable bonds is 3. The molecule has 1 aliphatic rings. The third kappa shape index (κ3) is 3.96. The molecule has 1 fully saturated rings. The molecule has 0 aliphatic heterocycles. The van der Waals surface area contributed by atoms with E-state index in [9.17, 15) is 0 Å². The van der Waals surface area contributed by atoms with Crippen molar-refractivity contribution in [1.29, 1.82) is 5.26 Å². The fourth-order valence-electron chi connectivity index (χ4n) is 2.75. The van der Waals surface area contributed by atoms with Gasteiger partial charge in [-0.15, -0.1) is 11.3 Å². The molecule has 0 bridgehead atoms. The Labute approximate surface area is 140 Å². The summed E-state index contributed by atoms with van der Waals surface area (Å²) in [6.45, 7) is 2.05. The van der Waals surface area contributed by atoms with Crippen LogP contribution in [0.2, 0.25) is 0 Å². The summed E-state index contributed by atoms with van der Waals surface area (Å²) in [5, 5.41) is 15.5. The van der Waals surface area contributed by atoms with Crippen molar-refractivity contribution in [3.63, 3.8) is 0 Å². The highest BCUT2D eigenvalue weighted by Gasteiger charge is 2.12. The zero-order valence-electron chi connectivity index (χ0n) is 13.3. The maximum absolute atomic E-state index is 8.84. The van der Waals surface area contributed by atoms with Crippen molar-refractivity contribution in [2.45, 2.75) is 45.1 Å². The minimum absolute atomic E-state index is 0.443. The Morgan fingerprint density at radius 1 is 1.22 bits per heavy atom. The van der Waals surface area contributed by atoms with Crippen molar-refractivity contribution in [2.75, 3.05) is 0 Å². The van der Waals surface area contributed by atoms with Crippen LogP contribution in [-0.4, -0.2) is 16.9 Å². The Bertz CT molecular complexity index is 784. The van der Waals surface area contributed by atoms with E-state index in [4.69, 9.17) is 10.3 Å². The summed E-state index contributed by atoms with van der Waals surface area (Å²) in [5.74, 6) is 0. The minimum Gasteiger partial charge on any atom is -0.254 e. The molecule has 0 unspecified atom stereocenters. The van der Waals surface area contributed by atoms with E-state index in [2.05, 4.69) is 16.6 Å². The molecule has 3 rings (SSSR count). The van der Waals surface area contributed by atoms with Crippen LogP contribution in [-0.2, 0) is 0 Å². The second-order valence-electron chi connectivity index (χ2n) is 5.87. The van der Waals surface area contributed by atoms with Gasteiger partial charge in [0.05, 0.1) is 29.6 Å². The Morgan fingerprint density at radius 2 is 1.96 bits per heavy atom. The molecule has 4 nitrogen and oxygen atoms in total. The predicted octanol–water partition coefficient (Wildman–Crippen LogP) is 3.85. The molecule has 0 N–H and O–H groups in total. The van der Waals surface area contributed by atoms with Crippen LogP contribution in [0.15, 0.2) is 39.7 Å². The molecule has 2 aromatic rings. The molecular weight excluding hydrogens is 304 g/mol. The van der Waals surface area contributed by atoms with Gasteiger partial charge < -0.3 is 0 Å². The van der Waals surface area contributed by atoms with Crippen molar-refractivity contribution in [3.05, 3.63) is 51.3 Å². The number of aryl methyl sites for hydroxylation is 1. The van der Waals surface area contributed by atoms with Crippen LogP contribution in [0, 0.1) is 18.3 Å². The largest absolute Gasteiger partial charge is 0.254 e. The van der Waals surface area contributed by atoms with Crippen molar-refractivity contribution >= 4 is 17.6 Å². The molecule has 5 heteroatoms. The van der Waals surface area contributed by atoms with E-state index < -0.39 is 0 Å². The molecule has 0 amide bonds. The zero-order chi connectivity index (χ0) is 16.1. The topological polar surface area (TPSA) is 53.4 Å². The molecule has 118 valence electrons.